The third kappa shape index (κ3) is 3.29. The molecule has 3 atom stereocenters. The lowest BCUT2D eigenvalue weighted by molar-refractivity contribution is 0.0936. The molecule has 2 N–H and O–H groups in total. The van der Waals surface area contributed by atoms with Gasteiger partial charge in [0.1, 0.15) is 5.82 Å². The van der Waals surface area contributed by atoms with Crippen LogP contribution in [0.5, 0.6) is 0 Å². The highest BCUT2D eigenvalue weighted by atomic mass is 16.1. The molecule has 1 aliphatic heterocycles. The Hall–Kier alpha value is -3.16. The highest BCUT2D eigenvalue weighted by Crippen LogP contribution is 2.41. The van der Waals surface area contributed by atoms with E-state index in [9.17, 15) is 4.79 Å². The molecule has 32 heavy (non-hydrogen) atoms. The van der Waals surface area contributed by atoms with E-state index in [1.807, 2.05) is 17.8 Å². The zero-order valence-corrected chi connectivity index (χ0v) is 18.6. The number of nitrogens with one attached hydrogen (secondary N) is 2. The van der Waals surface area contributed by atoms with Gasteiger partial charge in [-0.1, -0.05) is 6.07 Å². The first-order chi connectivity index (χ1) is 15.5. The largest absolute Gasteiger partial charge is 0.356 e. The summed E-state index contributed by atoms with van der Waals surface area (Å²) in [6.07, 6.45) is 8.03. The second-order valence-corrected chi connectivity index (χ2v) is 9.62. The fraction of sp³-hybridized carbons (Fsp3) is 0.500. The zero-order valence-electron chi connectivity index (χ0n) is 18.6. The lowest BCUT2D eigenvalue weighted by atomic mass is 9.77. The minimum absolute atomic E-state index is 0.0365. The number of amides is 1. The minimum atomic E-state index is -0.108. The summed E-state index contributed by atoms with van der Waals surface area (Å²) in [5, 5.41) is 14.9. The first-order valence-electron chi connectivity index (χ1n) is 11.6. The molecule has 8 heteroatoms. The van der Waals surface area contributed by atoms with Gasteiger partial charge in [-0.05, 0) is 68.6 Å². The smallest absolute Gasteiger partial charge is 0.255 e. The van der Waals surface area contributed by atoms with Crippen LogP contribution in [0.4, 0.5) is 5.82 Å². The molecule has 3 aliphatic rings. The van der Waals surface area contributed by atoms with Crippen molar-refractivity contribution in [2.45, 2.75) is 52.1 Å². The van der Waals surface area contributed by atoms with Crippen LogP contribution in [0, 0.1) is 25.7 Å². The van der Waals surface area contributed by atoms with Crippen LogP contribution >= 0.6 is 0 Å². The molecular weight excluding hydrogens is 402 g/mol. The highest BCUT2D eigenvalue weighted by molar-refractivity contribution is 5.94. The summed E-state index contributed by atoms with van der Waals surface area (Å²) >= 11 is 0. The van der Waals surface area contributed by atoms with E-state index in [0.717, 1.165) is 66.2 Å². The molecule has 2 unspecified atom stereocenters. The summed E-state index contributed by atoms with van der Waals surface area (Å²) in [5.74, 6) is 2.73. The Kier molecular flexibility index (Phi) is 4.55. The summed E-state index contributed by atoms with van der Waals surface area (Å²) in [7, 11) is 0. The van der Waals surface area contributed by atoms with Crippen LogP contribution < -0.4 is 10.2 Å². The fourth-order valence-corrected chi connectivity index (χ4v) is 5.49. The quantitative estimate of drug-likeness (QED) is 0.648. The Morgan fingerprint density at radius 1 is 1.19 bits per heavy atom. The van der Waals surface area contributed by atoms with Crippen LogP contribution in [0.2, 0.25) is 0 Å². The van der Waals surface area contributed by atoms with Gasteiger partial charge >= 0.3 is 0 Å². The molecule has 166 valence electrons. The van der Waals surface area contributed by atoms with E-state index < -0.39 is 0 Å². The van der Waals surface area contributed by atoms with Gasteiger partial charge in [0.05, 0.1) is 30.0 Å². The molecule has 2 aliphatic carbocycles. The Morgan fingerprint density at radius 2 is 2.00 bits per heavy atom. The maximum Gasteiger partial charge on any atom is 0.255 e. The minimum Gasteiger partial charge on any atom is -0.356 e. The third-order valence-corrected chi connectivity index (χ3v) is 7.64. The van der Waals surface area contributed by atoms with Gasteiger partial charge in [-0.25, -0.2) is 4.98 Å². The zero-order chi connectivity index (χ0) is 21.8. The number of fused-ring (bicyclic) bond motifs is 2. The van der Waals surface area contributed by atoms with Crippen LogP contribution in [-0.4, -0.2) is 44.0 Å². The Bertz CT molecular complexity index is 1170. The molecule has 1 saturated carbocycles. The van der Waals surface area contributed by atoms with E-state index in [-0.39, 0.29) is 11.9 Å². The van der Waals surface area contributed by atoms with Crippen LogP contribution in [0.1, 0.15) is 63.9 Å². The topological polar surface area (TPSA) is 91.7 Å². The number of nitrogens with zero attached hydrogens (tertiary/aromatic N) is 5. The van der Waals surface area contributed by atoms with Crippen LogP contribution in [-0.2, 0) is 13.0 Å². The summed E-state index contributed by atoms with van der Waals surface area (Å²) in [6.45, 7) is 6.98. The Balaban J connectivity index is 1.11. The first kappa shape index (κ1) is 19.5. The van der Waals surface area contributed by atoms with Gasteiger partial charge in [-0.15, -0.1) is 0 Å². The van der Waals surface area contributed by atoms with E-state index in [1.165, 1.54) is 18.4 Å². The van der Waals surface area contributed by atoms with Crippen LogP contribution in [0.15, 0.2) is 24.5 Å². The SMILES string of the molecule is Cc1nc(N2CC3CCC3C2)ccc1Cn1cc(C(=O)N[C@@H]2CCc3c2n[nH]c3C)cn1. The number of hydrogen-bond donors (Lipinski definition) is 2. The van der Waals surface area contributed by atoms with Crippen LogP contribution in [0.25, 0.3) is 0 Å². The van der Waals surface area contributed by atoms with Gasteiger partial charge in [0.2, 0.25) is 0 Å². The maximum absolute atomic E-state index is 12.8. The molecular formula is C24H29N7O. The van der Waals surface area contributed by atoms with Crippen molar-refractivity contribution in [3.63, 3.8) is 0 Å². The maximum atomic E-state index is 12.8. The summed E-state index contributed by atoms with van der Waals surface area (Å²) in [4.78, 5) is 20.1. The van der Waals surface area contributed by atoms with Crippen molar-refractivity contribution in [1.82, 2.24) is 30.3 Å². The number of hydrogen-bond acceptors (Lipinski definition) is 5. The van der Waals surface area contributed by atoms with Gasteiger partial charge < -0.3 is 10.2 Å². The van der Waals surface area contributed by atoms with Gasteiger partial charge in [0.25, 0.3) is 5.91 Å². The first-order valence-corrected chi connectivity index (χ1v) is 11.6. The molecule has 4 heterocycles. The Labute approximate surface area is 187 Å². The number of H-pyrrole nitrogens is 1. The van der Waals surface area contributed by atoms with Crippen molar-refractivity contribution in [2.75, 3.05) is 18.0 Å². The normalized spacial score (nSPS) is 23.7. The number of anilines is 1. The number of pyridine rings is 1. The number of aromatic amines is 1. The summed E-state index contributed by atoms with van der Waals surface area (Å²) in [5.41, 5.74) is 6.02. The number of rotatable bonds is 5. The van der Waals surface area contributed by atoms with Crippen molar-refractivity contribution in [3.8, 4) is 0 Å². The average molecular weight is 432 g/mol. The monoisotopic (exact) mass is 431 g/mol. The summed E-state index contributed by atoms with van der Waals surface area (Å²) < 4.78 is 1.81. The van der Waals surface area contributed by atoms with Gasteiger partial charge in [-0.2, -0.15) is 10.2 Å². The highest BCUT2D eigenvalue weighted by Gasteiger charge is 2.39. The van der Waals surface area contributed by atoms with Crippen molar-refractivity contribution in [1.29, 1.82) is 0 Å². The molecule has 1 amide bonds. The van der Waals surface area contributed by atoms with Crippen molar-refractivity contribution >= 4 is 11.7 Å². The van der Waals surface area contributed by atoms with Gasteiger partial charge in [-0.3, -0.25) is 14.6 Å². The number of aromatic nitrogens is 5. The van der Waals surface area contributed by atoms with E-state index in [0.29, 0.717) is 12.1 Å². The van der Waals surface area contributed by atoms with E-state index >= 15 is 0 Å². The predicted molar refractivity (Wildman–Crippen MR) is 121 cm³/mol. The molecule has 0 bridgehead atoms. The summed E-state index contributed by atoms with van der Waals surface area (Å²) in [6, 6.07) is 4.25. The molecule has 3 aromatic rings. The standard InChI is InChI=1S/C24H29N7O/c1-14-16(5-8-22(26-14)30-10-17-3-4-18(17)11-30)12-31-13-19(9-25-31)24(32)27-21-7-6-20-15(2)28-29-23(20)21/h5,8-9,13,17-18,21H,3-4,6-7,10-12H2,1-2H3,(H,27,32)(H,28,29)/t17?,18?,21-/m1/s1. The third-order valence-electron chi connectivity index (χ3n) is 7.64. The number of aryl methyl sites for hydroxylation is 2. The van der Waals surface area contributed by atoms with Crippen molar-refractivity contribution in [3.05, 3.63) is 58.3 Å². The lowest BCUT2D eigenvalue weighted by Gasteiger charge is -2.27. The van der Waals surface area contributed by atoms with E-state index in [4.69, 9.17) is 4.98 Å². The van der Waals surface area contributed by atoms with Gasteiger partial charge in [0.15, 0.2) is 0 Å². The lowest BCUT2D eigenvalue weighted by Crippen LogP contribution is -2.27. The van der Waals surface area contributed by atoms with E-state index in [1.54, 1.807) is 6.20 Å². The van der Waals surface area contributed by atoms with Crippen LogP contribution in [0.3, 0.4) is 0 Å². The second kappa shape index (κ2) is 7.46. The van der Waals surface area contributed by atoms with E-state index in [2.05, 4.69) is 44.6 Å². The number of carbonyl (C=O) groups is 1. The molecule has 1 saturated heterocycles. The molecule has 0 radical (unpaired) electrons. The Morgan fingerprint density at radius 3 is 2.75 bits per heavy atom. The number of carbonyl (C=O) groups excluding carboxylic acids is 1. The molecule has 8 nitrogen and oxygen atoms in total. The fourth-order valence-electron chi connectivity index (χ4n) is 5.49. The molecule has 0 aromatic carbocycles. The second-order valence-electron chi connectivity index (χ2n) is 9.62. The molecule has 6 rings (SSSR count). The average Bonchev–Trinajstić information content (AvgIpc) is 3.52. The molecule has 3 aromatic heterocycles. The predicted octanol–water partition coefficient (Wildman–Crippen LogP) is 2.93. The van der Waals surface area contributed by atoms with Crippen molar-refractivity contribution < 1.29 is 4.79 Å². The molecule has 0 spiro atoms. The molecule has 2 fully saturated rings. The van der Waals surface area contributed by atoms with Gasteiger partial charge in [0, 0.05) is 30.7 Å². The van der Waals surface area contributed by atoms with Crippen molar-refractivity contribution in [2.24, 2.45) is 11.8 Å².